The topological polar surface area (TPSA) is 131 Å². The first-order valence-electron chi connectivity index (χ1n) is 16.2. The SMILES string of the molecule is CN=C(Cc1ccccc1Cl)C(=O)N1CCC[C@]12C=C[C@@H]1CC[C@@H](C(=O)N3CC[C@@H]4C=C[C@H]5CC[C@@H](C(=O)O)N5C(=O)[C@H]43)N1C2=O. The van der Waals surface area contributed by atoms with Gasteiger partial charge in [0.15, 0.2) is 0 Å². The number of carboxylic acids is 1. The van der Waals surface area contributed by atoms with Crippen molar-refractivity contribution >= 4 is 46.9 Å². The number of amides is 4. The predicted octanol–water partition coefficient (Wildman–Crippen LogP) is 2.48. The van der Waals surface area contributed by atoms with E-state index in [4.69, 9.17) is 11.6 Å². The number of carboxylic acid groups (broad SMARTS) is 1. The zero-order valence-electron chi connectivity index (χ0n) is 25.8. The molecule has 1 N–H and O–H groups in total. The standard InChI is InChI=1S/C34H38ClN5O6/c1-36-25(19-21-5-2-3-6-24(21)35)29(41)38-17-4-15-34(38)16-13-23-9-11-26(40(23)33(34)46)30(42)37-18-14-20-7-8-22-10-12-27(32(44)45)39(22)31(43)28(20)37/h2-3,5-8,13,16,20,22-23,26-28H,4,9-12,14-15,17-19H2,1H3,(H,44,45)/t20-,22-,23-,26-,27-,28-,34+/m0/s1. The van der Waals surface area contributed by atoms with Gasteiger partial charge in [-0.25, -0.2) is 4.79 Å². The summed E-state index contributed by atoms with van der Waals surface area (Å²) in [5.74, 6) is -2.46. The maximum Gasteiger partial charge on any atom is 0.326 e. The predicted molar refractivity (Wildman–Crippen MR) is 169 cm³/mol. The molecule has 4 fully saturated rings. The third-order valence-corrected chi connectivity index (χ3v) is 11.3. The summed E-state index contributed by atoms with van der Waals surface area (Å²) in [5.41, 5.74) is -0.155. The number of hydrogen-bond donors (Lipinski definition) is 1. The van der Waals surface area contributed by atoms with Gasteiger partial charge in [-0.1, -0.05) is 54.1 Å². The van der Waals surface area contributed by atoms with Gasteiger partial charge in [-0.2, -0.15) is 0 Å². The largest absolute Gasteiger partial charge is 0.480 e. The van der Waals surface area contributed by atoms with Crippen molar-refractivity contribution < 1.29 is 29.1 Å². The Hall–Kier alpha value is -3.99. The lowest BCUT2D eigenvalue weighted by molar-refractivity contribution is -0.157. The van der Waals surface area contributed by atoms with E-state index in [0.717, 1.165) is 5.56 Å². The highest BCUT2D eigenvalue weighted by Gasteiger charge is 2.58. The van der Waals surface area contributed by atoms with Crippen LogP contribution in [-0.2, 0) is 30.4 Å². The number of halogens is 1. The molecule has 12 heteroatoms. The molecule has 1 aromatic carbocycles. The molecule has 4 amide bonds. The van der Waals surface area contributed by atoms with E-state index in [9.17, 15) is 29.1 Å². The molecule has 7 atom stereocenters. The molecule has 6 aliphatic rings. The van der Waals surface area contributed by atoms with Crippen LogP contribution in [0.1, 0.15) is 50.5 Å². The first-order chi connectivity index (χ1) is 22.2. The van der Waals surface area contributed by atoms with Crippen LogP contribution in [0, 0.1) is 5.92 Å². The van der Waals surface area contributed by atoms with E-state index in [1.807, 2.05) is 42.5 Å². The van der Waals surface area contributed by atoms with Crippen molar-refractivity contribution in [2.24, 2.45) is 10.9 Å². The molecule has 0 saturated carbocycles. The van der Waals surface area contributed by atoms with Gasteiger partial charge in [0.2, 0.25) is 11.8 Å². The minimum Gasteiger partial charge on any atom is -0.480 e. The summed E-state index contributed by atoms with van der Waals surface area (Å²) in [7, 11) is 1.56. The number of aliphatic carboxylic acids is 1. The highest BCUT2D eigenvalue weighted by Crippen LogP contribution is 2.43. The molecule has 1 spiro atoms. The highest BCUT2D eigenvalue weighted by atomic mass is 35.5. The first kappa shape index (κ1) is 30.7. The summed E-state index contributed by atoms with van der Waals surface area (Å²) in [6.07, 6.45) is 11.6. The fraction of sp³-hybridized carbons (Fsp3) is 0.529. The quantitative estimate of drug-likeness (QED) is 0.386. The van der Waals surface area contributed by atoms with Gasteiger partial charge >= 0.3 is 5.97 Å². The van der Waals surface area contributed by atoms with E-state index in [1.165, 1.54) is 4.90 Å². The first-order valence-corrected chi connectivity index (χ1v) is 16.6. The number of rotatable bonds is 5. The van der Waals surface area contributed by atoms with Crippen LogP contribution in [0.25, 0.3) is 0 Å². The normalized spacial score (nSPS) is 33.5. The summed E-state index contributed by atoms with van der Waals surface area (Å²) in [6.45, 7) is 0.736. The molecule has 0 aromatic heterocycles. The van der Waals surface area contributed by atoms with Crippen LogP contribution in [0.2, 0.25) is 5.02 Å². The van der Waals surface area contributed by atoms with Crippen LogP contribution in [-0.4, -0.2) is 116 Å². The molecule has 0 radical (unpaired) electrons. The molecule has 11 nitrogen and oxygen atoms in total. The van der Waals surface area contributed by atoms with Crippen molar-refractivity contribution in [1.29, 1.82) is 0 Å². The van der Waals surface area contributed by atoms with E-state index in [1.54, 1.807) is 27.8 Å². The number of fused-ring (bicyclic) bond motifs is 3. The number of aliphatic imine (C=N–C) groups is 1. The van der Waals surface area contributed by atoms with Gasteiger partial charge in [0.25, 0.3) is 11.8 Å². The summed E-state index contributed by atoms with van der Waals surface area (Å²) in [4.78, 5) is 79.5. The Morgan fingerprint density at radius 3 is 2.43 bits per heavy atom. The van der Waals surface area contributed by atoms with E-state index in [-0.39, 0.29) is 48.1 Å². The monoisotopic (exact) mass is 647 g/mol. The van der Waals surface area contributed by atoms with E-state index < -0.39 is 29.6 Å². The van der Waals surface area contributed by atoms with Crippen molar-refractivity contribution in [2.75, 3.05) is 20.1 Å². The maximum absolute atomic E-state index is 14.6. The van der Waals surface area contributed by atoms with Gasteiger partial charge in [-0.15, -0.1) is 0 Å². The van der Waals surface area contributed by atoms with Gasteiger partial charge in [0, 0.05) is 37.5 Å². The van der Waals surface area contributed by atoms with Crippen molar-refractivity contribution in [3.8, 4) is 0 Å². The molecule has 0 unspecified atom stereocenters. The summed E-state index contributed by atoms with van der Waals surface area (Å²) in [5, 5.41) is 10.4. The molecule has 1 aromatic rings. The molecule has 242 valence electrons. The Morgan fingerprint density at radius 1 is 0.957 bits per heavy atom. The minimum atomic E-state index is -1.22. The summed E-state index contributed by atoms with van der Waals surface area (Å²) < 4.78 is 0. The maximum atomic E-state index is 14.6. The van der Waals surface area contributed by atoms with Crippen LogP contribution >= 0.6 is 11.6 Å². The van der Waals surface area contributed by atoms with Crippen molar-refractivity contribution in [2.45, 2.75) is 87.1 Å². The van der Waals surface area contributed by atoms with Gasteiger partial charge in [0.1, 0.15) is 29.4 Å². The van der Waals surface area contributed by atoms with Crippen molar-refractivity contribution in [3.63, 3.8) is 0 Å². The summed E-state index contributed by atoms with van der Waals surface area (Å²) in [6, 6.07) is 4.23. The zero-order chi connectivity index (χ0) is 32.3. The van der Waals surface area contributed by atoms with E-state index in [0.29, 0.717) is 68.8 Å². The third-order valence-electron chi connectivity index (χ3n) is 10.9. The molecular formula is C34H38ClN5O6. The average Bonchev–Trinajstić information content (AvgIpc) is 3.84. The lowest BCUT2D eigenvalue weighted by atomic mass is 9.88. The molecule has 0 bridgehead atoms. The van der Waals surface area contributed by atoms with Gasteiger partial charge in [0.05, 0.1) is 12.1 Å². The van der Waals surface area contributed by atoms with E-state index in [2.05, 4.69) is 4.99 Å². The average molecular weight is 648 g/mol. The number of nitrogens with zero attached hydrogens (tertiary/aromatic N) is 5. The molecule has 6 aliphatic heterocycles. The smallest absolute Gasteiger partial charge is 0.326 e. The number of hydrogen-bond acceptors (Lipinski definition) is 6. The molecule has 46 heavy (non-hydrogen) atoms. The third kappa shape index (κ3) is 4.68. The van der Waals surface area contributed by atoms with Gasteiger partial charge in [-0.05, 0) is 56.6 Å². The lowest BCUT2D eigenvalue weighted by Crippen LogP contribution is -2.64. The lowest BCUT2D eigenvalue weighted by Gasteiger charge is -2.44. The Labute approximate surface area is 272 Å². The van der Waals surface area contributed by atoms with Crippen LogP contribution < -0.4 is 0 Å². The Bertz CT molecular complexity index is 1590. The Morgan fingerprint density at radius 2 is 1.70 bits per heavy atom. The van der Waals surface area contributed by atoms with Crippen LogP contribution in [0.15, 0.2) is 53.6 Å². The van der Waals surface area contributed by atoms with Crippen LogP contribution in [0.4, 0.5) is 0 Å². The number of benzene rings is 1. The van der Waals surface area contributed by atoms with Gasteiger partial charge in [-0.3, -0.25) is 24.2 Å². The van der Waals surface area contributed by atoms with Crippen LogP contribution in [0.3, 0.4) is 0 Å². The Kier molecular flexibility index (Phi) is 7.77. The second kappa shape index (κ2) is 11.7. The summed E-state index contributed by atoms with van der Waals surface area (Å²) >= 11 is 6.38. The molecule has 0 aliphatic carbocycles. The van der Waals surface area contributed by atoms with Crippen molar-refractivity contribution in [3.05, 3.63) is 59.2 Å². The molecular weight excluding hydrogens is 610 g/mol. The number of carbonyl (C=O) groups is 5. The van der Waals surface area contributed by atoms with Crippen molar-refractivity contribution in [1.82, 2.24) is 19.6 Å². The highest BCUT2D eigenvalue weighted by molar-refractivity contribution is 6.40. The second-order valence-corrected chi connectivity index (χ2v) is 13.6. The second-order valence-electron chi connectivity index (χ2n) is 13.2. The Balaban J connectivity index is 1.14. The minimum absolute atomic E-state index is 0.204. The number of likely N-dealkylation sites (tertiary alicyclic amines) is 2. The molecule has 4 saturated heterocycles. The zero-order valence-corrected chi connectivity index (χ0v) is 26.5. The van der Waals surface area contributed by atoms with Gasteiger partial charge < -0.3 is 24.7 Å². The molecule has 6 heterocycles. The molecule has 7 rings (SSSR count). The number of carbonyl (C=O) groups excluding carboxylic acids is 4. The van der Waals surface area contributed by atoms with Crippen LogP contribution in [0.5, 0.6) is 0 Å². The van der Waals surface area contributed by atoms with E-state index >= 15 is 0 Å². The fourth-order valence-electron chi connectivity index (χ4n) is 8.66. The fourth-order valence-corrected chi connectivity index (χ4v) is 8.86.